The molecule has 0 saturated heterocycles. The molecule has 1 atom stereocenters. The number of primary amides is 1. The number of nitrogens with two attached hydrogens (primary N) is 1. The third-order valence-corrected chi connectivity index (χ3v) is 5.93. The molecular formula is C21H24N2O5S. The summed E-state index contributed by atoms with van der Waals surface area (Å²) in [5.74, 6) is -0.713. The Hall–Kier alpha value is -2.87. The number of carbonyl (C=O) groups excluding carboxylic acids is 3. The van der Waals surface area contributed by atoms with Crippen LogP contribution in [0.15, 0.2) is 24.3 Å². The summed E-state index contributed by atoms with van der Waals surface area (Å²) in [6, 6.07) is 6.45. The van der Waals surface area contributed by atoms with Crippen LogP contribution < -0.4 is 15.8 Å². The lowest BCUT2D eigenvalue weighted by Gasteiger charge is -2.18. The predicted molar refractivity (Wildman–Crippen MR) is 111 cm³/mol. The lowest BCUT2D eigenvalue weighted by Crippen LogP contribution is -2.22. The van der Waals surface area contributed by atoms with Gasteiger partial charge in [-0.15, -0.1) is 11.3 Å². The van der Waals surface area contributed by atoms with E-state index in [2.05, 4.69) is 12.2 Å². The summed E-state index contributed by atoms with van der Waals surface area (Å²) in [6.07, 6.45) is 2.67. The van der Waals surface area contributed by atoms with Crippen molar-refractivity contribution in [2.45, 2.75) is 33.1 Å². The molecule has 1 aromatic heterocycles. The predicted octanol–water partition coefficient (Wildman–Crippen LogP) is 3.17. The number of benzene rings is 1. The van der Waals surface area contributed by atoms with Crippen LogP contribution in [0.1, 0.15) is 51.4 Å². The Morgan fingerprint density at radius 3 is 2.76 bits per heavy atom. The first kappa shape index (κ1) is 20.9. The molecule has 154 valence electrons. The van der Waals surface area contributed by atoms with Gasteiger partial charge < -0.3 is 20.5 Å². The average molecular weight is 416 g/mol. The van der Waals surface area contributed by atoms with Crippen molar-refractivity contribution in [1.82, 2.24) is 0 Å². The molecule has 1 aliphatic carbocycles. The van der Waals surface area contributed by atoms with Crippen molar-refractivity contribution in [3.8, 4) is 5.75 Å². The summed E-state index contributed by atoms with van der Waals surface area (Å²) < 4.78 is 10.7. The zero-order valence-electron chi connectivity index (χ0n) is 16.4. The number of fused-ring (bicyclic) bond motifs is 1. The SMILES string of the molecule is CCOC(=O)c1c(NC(=O)COc2ccccc2C(N)=O)sc2c1CCC(C)C2. The topological polar surface area (TPSA) is 108 Å². The quantitative estimate of drug-likeness (QED) is 0.674. The van der Waals surface area contributed by atoms with Gasteiger partial charge in [-0.2, -0.15) is 0 Å². The molecule has 3 rings (SSSR count). The molecule has 3 N–H and O–H groups in total. The van der Waals surface area contributed by atoms with Crippen molar-refractivity contribution < 1.29 is 23.9 Å². The molecule has 2 aromatic rings. The van der Waals surface area contributed by atoms with Gasteiger partial charge in [0.25, 0.3) is 11.8 Å². The number of amides is 2. The van der Waals surface area contributed by atoms with Crippen LogP contribution in [0, 0.1) is 5.92 Å². The lowest BCUT2D eigenvalue weighted by molar-refractivity contribution is -0.118. The smallest absolute Gasteiger partial charge is 0.341 e. The first-order valence-electron chi connectivity index (χ1n) is 9.53. The third kappa shape index (κ3) is 4.76. The second kappa shape index (κ2) is 9.09. The summed E-state index contributed by atoms with van der Waals surface area (Å²) >= 11 is 1.42. The first-order chi connectivity index (χ1) is 13.9. The number of rotatable bonds is 7. The Bertz CT molecular complexity index is 937. The highest BCUT2D eigenvalue weighted by molar-refractivity contribution is 7.17. The Balaban J connectivity index is 1.76. The van der Waals surface area contributed by atoms with Crippen LogP contribution in [0.5, 0.6) is 5.75 Å². The van der Waals surface area contributed by atoms with Crippen molar-refractivity contribution in [2.24, 2.45) is 11.7 Å². The van der Waals surface area contributed by atoms with Crippen LogP contribution in [0.4, 0.5) is 5.00 Å². The Labute approximate surface area is 173 Å². The molecule has 0 spiro atoms. The van der Waals surface area contributed by atoms with Gasteiger partial charge in [-0.3, -0.25) is 9.59 Å². The van der Waals surface area contributed by atoms with Crippen LogP contribution in [-0.2, 0) is 22.4 Å². The summed E-state index contributed by atoms with van der Waals surface area (Å²) in [4.78, 5) is 37.6. The number of nitrogens with one attached hydrogen (secondary N) is 1. The Kier molecular flexibility index (Phi) is 6.53. The minimum atomic E-state index is -0.634. The van der Waals surface area contributed by atoms with Crippen molar-refractivity contribution >= 4 is 34.1 Å². The van der Waals surface area contributed by atoms with E-state index in [0.29, 0.717) is 16.5 Å². The second-order valence-electron chi connectivity index (χ2n) is 6.97. The number of esters is 1. The van der Waals surface area contributed by atoms with E-state index in [1.54, 1.807) is 25.1 Å². The largest absolute Gasteiger partial charge is 0.483 e. The van der Waals surface area contributed by atoms with E-state index in [1.807, 2.05) is 0 Å². The van der Waals surface area contributed by atoms with Gasteiger partial charge in [-0.25, -0.2) is 4.79 Å². The van der Waals surface area contributed by atoms with Gasteiger partial charge in [0, 0.05) is 4.88 Å². The molecule has 1 aromatic carbocycles. The number of carbonyl (C=O) groups is 3. The molecule has 0 bridgehead atoms. The minimum Gasteiger partial charge on any atom is -0.483 e. The Morgan fingerprint density at radius 1 is 1.28 bits per heavy atom. The Morgan fingerprint density at radius 2 is 2.03 bits per heavy atom. The van der Waals surface area contributed by atoms with E-state index in [0.717, 1.165) is 29.7 Å². The van der Waals surface area contributed by atoms with Crippen molar-refractivity contribution in [3.63, 3.8) is 0 Å². The summed E-state index contributed by atoms with van der Waals surface area (Å²) in [7, 11) is 0. The van der Waals surface area contributed by atoms with E-state index < -0.39 is 17.8 Å². The first-order valence-corrected chi connectivity index (χ1v) is 10.4. The van der Waals surface area contributed by atoms with Crippen molar-refractivity contribution in [2.75, 3.05) is 18.5 Å². The highest BCUT2D eigenvalue weighted by Crippen LogP contribution is 2.40. The van der Waals surface area contributed by atoms with Crippen LogP contribution in [0.25, 0.3) is 0 Å². The molecule has 0 fully saturated rings. The highest BCUT2D eigenvalue weighted by Gasteiger charge is 2.29. The second-order valence-corrected chi connectivity index (χ2v) is 8.08. The molecule has 0 radical (unpaired) electrons. The molecular weight excluding hydrogens is 392 g/mol. The van der Waals surface area contributed by atoms with Crippen molar-refractivity contribution in [3.05, 3.63) is 45.8 Å². The maximum atomic E-state index is 12.5. The van der Waals surface area contributed by atoms with E-state index >= 15 is 0 Å². The van der Waals surface area contributed by atoms with Crippen LogP contribution >= 0.6 is 11.3 Å². The number of hydrogen-bond donors (Lipinski definition) is 2. The van der Waals surface area contributed by atoms with Gasteiger partial charge in [0.15, 0.2) is 6.61 Å². The normalized spacial score (nSPS) is 15.3. The number of anilines is 1. The maximum Gasteiger partial charge on any atom is 0.341 e. The monoisotopic (exact) mass is 416 g/mol. The molecule has 29 heavy (non-hydrogen) atoms. The van der Waals surface area contributed by atoms with E-state index in [1.165, 1.54) is 17.4 Å². The van der Waals surface area contributed by atoms with E-state index in [9.17, 15) is 14.4 Å². The van der Waals surface area contributed by atoms with Crippen molar-refractivity contribution in [1.29, 1.82) is 0 Å². The standard InChI is InChI=1S/C21H24N2O5S/c1-3-27-21(26)18-14-9-8-12(2)10-16(14)29-20(18)23-17(24)11-28-15-7-5-4-6-13(15)19(22)25/h4-7,12H,3,8-11H2,1-2H3,(H2,22,25)(H,23,24). The summed E-state index contributed by atoms with van der Waals surface area (Å²) in [6.45, 7) is 3.88. The fourth-order valence-corrected chi connectivity index (χ4v) is 4.78. The molecule has 0 aliphatic heterocycles. The molecule has 8 heteroatoms. The number of para-hydroxylation sites is 1. The van der Waals surface area contributed by atoms with Gasteiger partial charge in [0.1, 0.15) is 10.8 Å². The maximum absolute atomic E-state index is 12.5. The molecule has 1 unspecified atom stereocenters. The van der Waals surface area contributed by atoms with Crippen LogP contribution in [0.3, 0.4) is 0 Å². The number of thiophene rings is 1. The molecule has 0 saturated carbocycles. The van der Waals surface area contributed by atoms with Gasteiger partial charge in [-0.1, -0.05) is 19.1 Å². The third-order valence-electron chi connectivity index (χ3n) is 4.76. The van der Waals surface area contributed by atoms with Gasteiger partial charge in [-0.05, 0) is 49.8 Å². The average Bonchev–Trinajstić information content (AvgIpc) is 3.03. The van der Waals surface area contributed by atoms with Crippen LogP contribution in [0.2, 0.25) is 0 Å². The van der Waals surface area contributed by atoms with E-state index in [4.69, 9.17) is 15.2 Å². The number of ether oxygens (including phenoxy) is 2. The fourth-order valence-electron chi connectivity index (χ4n) is 3.36. The molecule has 7 nitrogen and oxygen atoms in total. The zero-order chi connectivity index (χ0) is 21.0. The van der Waals surface area contributed by atoms with E-state index in [-0.39, 0.29) is 24.5 Å². The molecule has 1 aliphatic rings. The zero-order valence-corrected chi connectivity index (χ0v) is 17.3. The van der Waals surface area contributed by atoms with Crippen LogP contribution in [-0.4, -0.2) is 31.0 Å². The number of hydrogen-bond acceptors (Lipinski definition) is 6. The summed E-state index contributed by atoms with van der Waals surface area (Å²) in [5, 5.41) is 3.26. The molecule has 1 heterocycles. The highest BCUT2D eigenvalue weighted by atomic mass is 32.1. The lowest BCUT2D eigenvalue weighted by atomic mass is 9.88. The molecule has 2 amide bonds. The minimum absolute atomic E-state index is 0.202. The van der Waals surface area contributed by atoms with Gasteiger partial charge in [0.2, 0.25) is 0 Å². The van der Waals surface area contributed by atoms with Gasteiger partial charge >= 0.3 is 5.97 Å². The fraction of sp³-hybridized carbons (Fsp3) is 0.381. The van der Waals surface area contributed by atoms with Gasteiger partial charge in [0.05, 0.1) is 17.7 Å². The summed E-state index contributed by atoms with van der Waals surface area (Å²) in [5.41, 5.74) is 6.95.